The SMILES string of the molecule is CC[C@H](C(=O)NC(C)(C)C)N(Cc1c(Cl)cccc1Cl)C(=O)CN(c1cc(OC)ccc1OC)S(=O)(=O)c1ccc(C)cc1. The van der Waals surface area contributed by atoms with E-state index in [1.807, 2.05) is 27.7 Å². The molecule has 0 bridgehead atoms. The van der Waals surface area contributed by atoms with Crippen molar-refractivity contribution in [3.63, 3.8) is 0 Å². The summed E-state index contributed by atoms with van der Waals surface area (Å²) in [5, 5.41) is 3.54. The van der Waals surface area contributed by atoms with Crippen molar-refractivity contribution in [3.05, 3.63) is 81.8 Å². The third kappa shape index (κ3) is 8.37. The third-order valence-corrected chi connectivity index (χ3v) is 9.30. The molecule has 0 fully saturated rings. The van der Waals surface area contributed by atoms with Crippen molar-refractivity contribution in [3.8, 4) is 11.5 Å². The van der Waals surface area contributed by atoms with Gasteiger partial charge in [0.15, 0.2) is 0 Å². The molecule has 9 nitrogen and oxygen atoms in total. The van der Waals surface area contributed by atoms with Crippen molar-refractivity contribution in [1.29, 1.82) is 0 Å². The Bertz CT molecular complexity index is 1570. The highest BCUT2D eigenvalue weighted by Gasteiger charge is 2.36. The smallest absolute Gasteiger partial charge is 0.264 e. The molecule has 0 unspecified atom stereocenters. The molecular weight excluding hydrogens is 625 g/mol. The Hall–Kier alpha value is -3.47. The summed E-state index contributed by atoms with van der Waals surface area (Å²) in [6.45, 7) is 8.31. The number of anilines is 1. The first-order valence-corrected chi connectivity index (χ1v) is 16.2. The summed E-state index contributed by atoms with van der Waals surface area (Å²) in [6, 6.07) is 14.9. The zero-order chi connectivity index (χ0) is 32.8. The van der Waals surface area contributed by atoms with E-state index in [0.717, 1.165) is 9.87 Å². The van der Waals surface area contributed by atoms with Gasteiger partial charge in [0.25, 0.3) is 10.0 Å². The zero-order valence-electron chi connectivity index (χ0n) is 26.0. The van der Waals surface area contributed by atoms with Crippen LogP contribution in [0.3, 0.4) is 0 Å². The van der Waals surface area contributed by atoms with Crippen LogP contribution in [0.2, 0.25) is 10.0 Å². The molecule has 0 saturated heterocycles. The number of methoxy groups -OCH3 is 2. The lowest BCUT2D eigenvalue weighted by Gasteiger charge is -2.35. The van der Waals surface area contributed by atoms with Gasteiger partial charge in [-0.1, -0.05) is 53.9 Å². The van der Waals surface area contributed by atoms with Crippen LogP contribution in [0.15, 0.2) is 65.6 Å². The van der Waals surface area contributed by atoms with Crippen LogP contribution in [-0.2, 0) is 26.2 Å². The molecule has 3 rings (SSSR count). The van der Waals surface area contributed by atoms with Gasteiger partial charge in [0.1, 0.15) is 24.1 Å². The highest BCUT2D eigenvalue weighted by Crippen LogP contribution is 2.36. The summed E-state index contributed by atoms with van der Waals surface area (Å²) < 4.78 is 40.3. The molecule has 3 aromatic carbocycles. The van der Waals surface area contributed by atoms with E-state index in [1.54, 1.807) is 49.4 Å². The van der Waals surface area contributed by atoms with E-state index in [9.17, 15) is 18.0 Å². The molecule has 1 N–H and O–H groups in total. The molecule has 0 heterocycles. The molecule has 238 valence electrons. The third-order valence-electron chi connectivity index (χ3n) is 6.82. The second-order valence-electron chi connectivity index (χ2n) is 11.2. The predicted molar refractivity (Wildman–Crippen MR) is 174 cm³/mol. The maximum Gasteiger partial charge on any atom is 0.264 e. The van der Waals surface area contributed by atoms with Gasteiger partial charge in [-0.05, 0) is 70.5 Å². The van der Waals surface area contributed by atoms with Crippen LogP contribution in [0.4, 0.5) is 5.69 Å². The minimum Gasteiger partial charge on any atom is -0.497 e. The molecule has 1 atom stereocenters. The molecule has 0 saturated carbocycles. The summed E-state index contributed by atoms with van der Waals surface area (Å²) >= 11 is 13.0. The monoisotopic (exact) mass is 663 g/mol. The quantitative estimate of drug-likeness (QED) is 0.246. The van der Waals surface area contributed by atoms with Gasteiger partial charge in [-0.15, -0.1) is 0 Å². The Balaban J connectivity index is 2.20. The van der Waals surface area contributed by atoms with Gasteiger partial charge >= 0.3 is 0 Å². The number of hydrogen-bond donors (Lipinski definition) is 1. The number of ether oxygens (including phenoxy) is 2. The van der Waals surface area contributed by atoms with E-state index in [0.29, 0.717) is 21.4 Å². The van der Waals surface area contributed by atoms with Crippen molar-refractivity contribution in [2.75, 3.05) is 25.1 Å². The van der Waals surface area contributed by atoms with Crippen LogP contribution in [-0.4, -0.2) is 57.5 Å². The lowest BCUT2D eigenvalue weighted by molar-refractivity contribution is -0.141. The van der Waals surface area contributed by atoms with Crippen LogP contribution >= 0.6 is 23.2 Å². The van der Waals surface area contributed by atoms with Crippen LogP contribution in [0, 0.1) is 6.92 Å². The lowest BCUT2D eigenvalue weighted by atomic mass is 10.1. The second kappa shape index (κ2) is 14.5. The topological polar surface area (TPSA) is 105 Å². The Kier molecular flexibility index (Phi) is 11.6. The van der Waals surface area contributed by atoms with Crippen LogP contribution in [0.25, 0.3) is 0 Å². The number of sulfonamides is 1. The van der Waals surface area contributed by atoms with Gasteiger partial charge in [-0.3, -0.25) is 13.9 Å². The minimum absolute atomic E-state index is 0.0287. The van der Waals surface area contributed by atoms with Crippen molar-refractivity contribution in [1.82, 2.24) is 10.2 Å². The van der Waals surface area contributed by atoms with Gasteiger partial charge in [-0.2, -0.15) is 0 Å². The number of amides is 2. The molecule has 0 aliphatic rings. The minimum atomic E-state index is -4.33. The molecule has 2 amide bonds. The number of carbonyl (C=O) groups excluding carboxylic acids is 2. The Morgan fingerprint density at radius 2 is 1.57 bits per heavy atom. The molecule has 3 aromatic rings. The molecule has 0 radical (unpaired) electrons. The maximum atomic E-state index is 14.4. The van der Waals surface area contributed by atoms with Crippen molar-refractivity contribution >= 4 is 50.7 Å². The van der Waals surface area contributed by atoms with E-state index in [4.69, 9.17) is 32.7 Å². The number of hydrogen-bond acceptors (Lipinski definition) is 6. The Morgan fingerprint density at radius 3 is 2.09 bits per heavy atom. The van der Waals surface area contributed by atoms with Gasteiger partial charge in [0, 0.05) is 33.8 Å². The molecule has 0 aliphatic heterocycles. The molecule has 0 aromatic heterocycles. The normalized spacial score (nSPS) is 12.3. The molecule has 0 spiro atoms. The van der Waals surface area contributed by atoms with Crippen LogP contribution in [0.5, 0.6) is 11.5 Å². The Labute approximate surface area is 270 Å². The van der Waals surface area contributed by atoms with E-state index in [2.05, 4.69) is 5.32 Å². The summed E-state index contributed by atoms with van der Waals surface area (Å²) in [4.78, 5) is 29.2. The average Bonchev–Trinajstić information content (AvgIpc) is 2.96. The number of nitrogens with zero attached hydrogens (tertiary/aromatic N) is 2. The van der Waals surface area contributed by atoms with Crippen molar-refractivity contribution in [2.45, 2.75) is 64.1 Å². The van der Waals surface area contributed by atoms with E-state index >= 15 is 0 Å². The van der Waals surface area contributed by atoms with Gasteiger partial charge in [-0.25, -0.2) is 8.42 Å². The number of rotatable bonds is 12. The summed E-state index contributed by atoms with van der Waals surface area (Å²) in [6.07, 6.45) is 0.239. The first-order chi connectivity index (χ1) is 20.6. The molecule has 12 heteroatoms. The molecular formula is C32H39Cl2N3O6S. The van der Waals surface area contributed by atoms with Gasteiger partial charge < -0.3 is 19.7 Å². The number of carbonyl (C=O) groups is 2. The molecule has 0 aliphatic carbocycles. The van der Waals surface area contributed by atoms with E-state index in [1.165, 1.54) is 37.3 Å². The number of benzene rings is 3. The maximum absolute atomic E-state index is 14.4. The molecule has 44 heavy (non-hydrogen) atoms. The first kappa shape index (κ1) is 35.0. The number of nitrogens with one attached hydrogen (secondary N) is 1. The highest BCUT2D eigenvalue weighted by molar-refractivity contribution is 7.92. The Morgan fingerprint density at radius 1 is 0.955 bits per heavy atom. The fraction of sp³-hybridized carbons (Fsp3) is 0.375. The second-order valence-corrected chi connectivity index (χ2v) is 13.9. The largest absolute Gasteiger partial charge is 0.497 e. The standard InChI is InChI=1S/C32H39Cl2N3O6S/c1-8-27(31(39)35-32(3,4)5)36(19-24-25(33)10-9-11-26(24)34)30(38)20-37(28-18-22(42-6)14-17-29(28)43-7)44(40,41)23-15-12-21(2)13-16-23/h9-18,27H,8,19-20H2,1-7H3,(H,35,39)/t27-/m1/s1. The lowest BCUT2D eigenvalue weighted by Crippen LogP contribution is -2.55. The number of aryl methyl sites for hydroxylation is 1. The van der Waals surface area contributed by atoms with Gasteiger partial charge in [0.05, 0.1) is 24.8 Å². The van der Waals surface area contributed by atoms with Crippen LogP contribution in [0.1, 0.15) is 45.2 Å². The highest BCUT2D eigenvalue weighted by atomic mass is 35.5. The van der Waals surface area contributed by atoms with E-state index in [-0.39, 0.29) is 29.3 Å². The average molecular weight is 665 g/mol. The van der Waals surface area contributed by atoms with Crippen molar-refractivity contribution in [2.24, 2.45) is 0 Å². The summed E-state index contributed by atoms with van der Waals surface area (Å²) in [7, 11) is -1.48. The van der Waals surface area contributed by atoms with Gasteiger partial charge in [0.2, 0.25) is 11.8 Å². The van der Waals surface area contributed by atoms with Crippen LogP contribution < -0.4 is 19.1 Å². The fourth-order valence-corrected chi connectivity index (χ4v) is 6.50. The first-order valence-electron chi connectivity index (χ1n) is 14.0. The number of halogens is 2. The van der Waals surface area contributed by atoms with Crippen molar-refractivity contribution < 1.29 is 27.5 Å². The van der Waals surface area contributed by atoms with E-state index < -0.39 is 40.0 Å². The predicted octanol–water partition coefficient (Wildman–Crippen LogP) is 6.24. The fourth-order valence-electron chi connectivity index (χ4n) is 4.57. The summed E-state index contributed by atoms with van der Waals surface area (Å²) in [5.41, 5.74) is 0.793. The zero-order valence-corrected chi connectivity index (χ0v) is 28.3. The summed E-state index contributed by atoms with van der Waals surface area (Å²) in [5.74, 6) is -0.499.